The van der Waals surface area contributed by atoms with Gasteiger partial charge in [0.05, 0.1) is 29.4 Å². The van der Waals surface area contributed by atoms with E-state index in [4.69, 9.17) is 5.11 Å². The first-order chi connectivity index (χ1) is 15.6. The third-order valence-corrected chi connectivity index (χ3v) is 5.57. The standard InChI is InChI=1S/C23H21F3N4O3/c1-13(15-4-8-17(9-5-15)22(32)33)27-21(31)19-20(16-6-7-16)30(29-28-19)12-14-2-10-18(11-3-14)23(24,25)26/h2-5,8-11,13,16H,6-7,12H2,1H3,(H,27,31)(H,32,33). The van der Waals surface area contributed by atoms with Crippen LogP contribution in [0.1, 0.15) is 75.0 Å². The van der Waals surface area contributed by atoms with Gasteiger partial charge in [-0.1, -0.05) is 29.5 Å². The van der Waals surface area contributed by atoms with Crippen molar-refractivity contribution in [2.45, 2.75) is 44.4 Å². The van der Waals surface area contributed by atoms with Crippen LogP contribution in [0.15, 0.2) is 48.5 Å². The number of aromatic carboxylic acids is 1. The Morgan fingerprint density at radius 1 is 1.12 bits per heavy atom. The van der Waals surface area contributed by atoms with Crippen LogP contribution in [-0.2, 0) is 12.7 Å². The molecule has 10 heteroatoms. The highest BCUT2D eigenvalue weighted by molar-refractivity contribution is 5.94. The molecule has 0 aliphatic heterocycles. The monoisotopic (exact) mass is 458 g/mol. The van der Waals surface area contributed by atoms with E-state index in [1.54, 1.807) is 23.7 Å². The molecule has 1 saturated carbocycles. The van der Waals surface area contributed by atoms with E-state index in [1.807, 2.05) is 0 Å². The summed E-state index contributed by atoms with van der Waals surface area (Å²) >= 11 is 0. The van der Waals surface area contributed by atoms with Crippen molar-refractivity contribution in [2.24, 2.45) is 0 Å². The molecule has 0 bridgehead atoms. The van der Waals surface area contributed by atoms with E-state index in [0.717, 1.165) is 30.5 Å². The third kappa shape index (κ3) is 5.05. The second-order valence-electron chi connectivity index (χ2n) is 8.07. The first-order valence-electron chi connectivity index (χ1n) is 10.4. The average Bonchev–Trinajstić information content (AvgIpc) is 3.53. The molecule has 172 valence electrons. The minimum Gasteiger partial charge on any atom is -0.478 e. The minimum atomic E-state index is -4.40. The maximum Gasteiger partial charge on any atom is 0.416 e. The van der Waals surface area contributed by atoms with Crippen molar-refractivity contribution in [1.29, 1.82) is 0 Å². The average molecular weight is 458 g/mol. The lowest BCUT2D eigenvalue weighted by Gasteiger charge is -2.14. The topological polar surface area (TPSA) is 97.1 Å². The molecule has 0 radical (unpaired) electrons. The van der Waals surface area contributed by atoms with Crippen molar-refractivity contribution in [3.05, 3.63) is 82.2 Å². The van der Waals surface area contributed by atoms with Gasteiger partial charge in [-0.25, -0.2) is 9.48 Å². The van der Waals surface area contributed by atoms with E-state index in [-0.39, 0.29) is 23.7 Å². The Morgan fingerprint density at radius 3 is 2.30 bits per heavy atom. The number of aromatic nitrogens is 3. The predicted octanol–water partition coefficient (Wildman–Crippen LogP) is 4.41. The van der Waals surface area contributed by atoms with Gasteiger partial charge in [0.1, 0.15) is 0 Å². The lowest BCUT2D eigenvalue weighted by atomic mass is 10.1. The largest absolute Gasteiger partial charge is 0.478 e. The van der Waals surface area contributed by atoms with Gasteiger partial charge in [-0.2, -0.15) is 13.2 Å². The Kier molecular flexibility index (Phi) is 5.92. The summed E-state index contributed by atoms with van der Waals surface area (Å²) in [6.45, 7) is 1.98. The van der Waals surface area contributed by atoms with Crippen LogP contribution in [-0.4, -0.2) is 32.0 Å². The Labute approximate surface area is 187 Å². The number of alkyl halides is 3. The maximum absolute atomic E-state index is 12.9. The van der Waals surface area contributed by atoms with Crippen LogP contribution in [0.25, 0.3) is 0 Å². The molecule has 1 amide bonds. The van der Waals surface area contributed by atoms with Gasteiger partial charge >= 0.3 is 12.1 Å². The lowest BCUT2D eigenvalue weighted by molar-refractivity contribution is -0.137. The summed E-state index contributed by atoms with van der Waals surface area (Å²) in [5, 5.41) is 20.0. The number of nitrogens with zero attached hydrogens (tertiary/aromatic N) is 3. The SMILES string of the molecule is CC(NC(=O)c1nnn(Cc2ccc(C(F)(F)F)cc2)c1C1CC1)c1ccc(C(=O)O)cc1. The van der Waals surface area contributed by atoms with Gasteiger partial charge in [-0.05, 0) is 55.2 Å². The van der Waals surface area contributed by atoms with Gasteiger partial charge in [0, 0.05) is 5.92 Å². The zero-order valence-electron chi connectivity index (χ0n) is 17.6. The molecule has 1 aliphatic rings. The predicted molar refractivity (Wildman–Crippen MR) is 112 cm³/mol. The molecule has 2 aromatic carbocycles. The summed E-state index contributed by atoms with van der Waals surface area (Å²) in [5.74, 6) is -1.32. The van der Waals surface area contributed by atoms with E-state index >= 15 is 0 Å². The number of benzene rings is 2. The molecule has 2 N–H and O–H groups in total. The Bertz CT molecular complexity index is 1170. The molecule has 3 aromatic rings. The zero-order chi connectivity index (χ0) is 23.8. The van der Waals surface area contributed by atoms with E-state index in [9.17, 15) is 22.8 Å². The van der Waals surface area contributed by atoms with E-state index in [2.05, 4.69) is 15.6 Å². The number of hydrogen-bond acceptors (Lipinski definition) is 4. The Morgan fingerprint density at radius 2 is 1.76 bits per heavy atom. The van der Waals surface area contributed by atoms with Crippen molar-refractivity contribution in [2.75, 3.05) is 0 Å². The number of amides is 1. The summed E-state index contributed by atoms with van der Waals surface area (Å²) in [6.07, 6.45) is -2.64. The summed E-state index contributed by atoms with van der Waals surface area (Å²) in [6, 6.07) is 10.6. The highest BCUT2D eigenvalue weighted by Crippen LogP contribution is 2.41. The van der Waals surface area contributed by atoms with Gasteiger partial charge in [0.15, 0.2) is 5.69 Å². The fraction of sp³-hybridized carbons (Fsp3) is 0.304. The molecule has 1 heterocycles. The maximum atomic E-state index is 12.9. The van der Waals surface area contributed by atoms with Crippen LogP contribution in [0, 0.1) is 0 Å². The summed E-state index contributed by atoms with van der Waals surface area (Å²) in [5.41, 5.74) is 1.64. The molecule has 1 atom stereocenters. The van der Waals surface area contributed by atoms with Gasteiger partial charge in [0.2, 0.25) is 0 Å². The molecule has 7 nitrogen and oxygen atoms in total. The number of nitrogens with one attached hydrogen (secondary N) is 1. The summed E-state index contributed by atoms with van der Waals surface area (Å²) in [7, 11) is 0. The molecule has 1 aliphatic carbocycles. The molecule has 0 saturated heterocycles. The molecule has 0 spiro atoms. The van der Waals surface area contributed by atoms with Crippen LogP contribution >= 0.6 is 0 Å². The van der Waals surface area contributed by atoms with Crippen LogP contribution in [0.3, 0.4) is 0 Å². The number of carbonyl (C=O) groups is 2. The minimum absolute atomic E-state index is 0.125. The fourth-order valence-electron chi connectivity index (χ4n) is 3.59. The van der Waals surface area contributed by atoms with Crippen molar-refractivity contribution in [3.8, 4) is 0 Å². The molecule has 33 heavy (non-hydrogen) atoms. The molecule has 1 aromatic heterocycles. The zero-order valence-corrected chi connectivity index (χ0v) is 17.6. The first kappa shape index (κ1) is 22.5. The highest BCUT2D eigenvalue weighted by Gasteiger charge is 2.34. The second-order valence-corrected chi connectivity index (χ2v) is 8.07. The molecular formula is C23H21F3N4O3. The molecule has 1 fully saturated rings. The van der Waals surface area contributed by atoms with Crippen LogP contribution in [0.5, 0.6) is 0 Å². The second kappa shape index (κ2) is 8.68. The molecule has 4 rings (SSSR count). The van der Waals surface area contributed by atoms with Crippen LogP contribution in [0.4, 0.5) is 13.2 Å². The Balaban J connectivity index is 1.50. The number of halogens is 3. The number of carboxylic acids is 1. The van der Waals surface area contributed by atoms with E-state index in [0.29, 0.717) is 11.3 Å². The number of carbonyl (C=O) groups excluding carboxylic acids is 1. The molecule has 1 unspecified atom stereocenters. The van der Waals surface area contributed by atoms with Crippen molar-refractivity contribution in [1.82, 2.24) is 20.3 Å². The Hall–Kier alpha value is -3.69. The molecular weight excluding hydrogens is 437 g/mol. The van der Waals surface area contributed by atoms with Crippen molar-refractivity contribution < 1.29 is 27.9 Å². The van der Waals surface area contributed by atoms with Gasteiger partial charge < -0.3 is 10.4 Å². The summed E-state index contributed by atoms with van der Waals surface area (Å²) in [4.78, 5) is 23.9. The number of hydrogen-bond donors (Lipinski definition) is 2. The van der Waals surface area contributed by atoms with Crippen molar-refractivity contribution >= 4 is 11.9 Å². The lowest BCUT2D eigenvalue weighted by Crippen LogP contribution is -2.28. The number of rotatable bonds is 7. The fourth-order valence-corrected chi connectivity index (χ4v) is 3.59. The number of carboxylic acid groups (broad SMARTS) is 1. The quantitative estimate of drug-likeness (QED) is 0.547. The van der Waals surface area contributed by atoms with Gasteiger partial charge in [-0.15, -0.1) is 5.10 Å². The van der Waals surface area contributed by atoms with E-state index in [1.165, 1.54) is 24.3 Å². The summed E-state index contributed by atoms with van der Waals surface area (Å²) < 4.78 is 40.0. The first-order valence-corrected chi connectivity index (χ1v) is 10.4. The third-order valence-electron chi connectivity index (χ3n) is 5.57. The van der Waals surface area contributed by atoms with Crippen LogP contribution < -0.4 is 5.32 Å². The van der Waals surface area contributed by atoms with Gasteiger partial charge in [0.25, 0.3) is 5.91 Å². The van der Waals surface area contributed by atoms with Gasteiger partial charge in [-0.3, -0.25) is 4.79 Å². The van der Waals surface area contributed by atoms with Crippen LogP contribution in [0.2, 0.25) is 0 Å². The highest BCUT2D eigenvalue weighted by atomic mass is 19.4. The smallest absolute Gasteiger partial charge is 0.416 e. The van der Waals surface area contributed by atoms with Crippen molar-refractivity contribution in [3.63, 3.8) is 0 Å². The van der Waals surface area contributed by atoms with E-state index < -0.39 is 29.7 Å². The normalized spacial score (nSPS) is 14.7.